The number of aryl methyl sites for hydroxylation is 1. The zero-order valence-electron chi connectivity index (χ0n) is 19.2. The molecule has 32 heavy (non-hydrogen) atoms. The highest BCUT2D eigenvalue weighted by atomic mass is 15.5. The Morgan fingerprint density at radius 1 is 0.969 bits per heavy atom. The molecule has 2 aromatic heterocycles. The number of likely N-dealkylation sites (tertiary alicyclic amines) is 2. The SMILES string of the molecule is CCc1nc2c(N)ncc(C3=CN(C4CCN(C5CCN(C)CC5)CC4)NC3)c2nc1N. The van der Waals surface area contributed by atoms with Gasteiger partial charge in [-0.3, -0.25) is 0 Å². The van der Waals surface area contributed by atoms with Crippen molar-refractivity contribution < 1.29 is 0 Å². The first kappa shape index (κ1) is 21.4. The third kappa shape index (κ3) is 4.00. The Bertz CT molecular complexity index is 1000. The highest BCUT2D eigenvalue weighted by Gasteiger charge is 2.31. The minimum Gasteiger partial charge on any atom is -0.382 e. The van der Waals surface area contributed by atoms with Crippen molar-refractivity contribution in [3.63, 3.8) is 0 Å². The van der Waals surface area contributed by atoms with Crippen LogP contribution in [0.15, 0.2) is 12.4 Å². The monoisotopic (exact) mass is 437 g/mol. The third-order valence-corrected chi connectivity index (χ3v) is 7.35. The number of rotatable bonds is 4. The molecule has 0 atom stereocenters. The van der Waals surface area contributed by atoms with Gasteiger partial charge in [-0.1, -0.05) is 6.92 Å². The molecule has 0 amide bonds. The van der Waals surface area contributed by atoms with Gasteiger partial charge in [0.1, 0.15) is 16.9 Å². The lowest BCUT2D eigenvalue weighted by Gasteiger charge is -2.42. The first-order valence-corrected chi connectivity index (χ1v) is 11.9. The topological polar surface area (TPSA) is 112 Å². The number of hydrogen-bond acceptors (Lipinski definition) is 9. The van der Waals surface area contributed by atoms with E-state index in [2.05, 4.69) is 48.4 Å². The van der Waals surface area contributed by atoms with Crippen LogP contribution in [-0.2, 0) is 6.42 Å². The Morgan fingerprint density at radius 2 is 1.69 bits per heavy atom. The van der Waals surface area contributed by atoms with Crippen molar-refractivity contribution in [2.75, 3.05) is 51.2 Å². The molecule has 2 fully saturated rings. The molecule has 5 heterocycles. The Labute approximate surface area is 189 Å². The molecule has 0 aliphatic carbocycles. The van der Waals surface area contributed by atoms with Crippen LogP contribution in [0.1, 0.15) is 43.9 Å². The van der Waals surface area contributed by atoms with E-state index in [1.54, 1.807) is 6.20 Å². The molecule has 2 aromatic rings. The number of nitrogens with zero attached hydrogens (tertiary/aromatic N) is 6. The molecule has 3 aliphatic heterocycles. The number of piperidine rings is 2. The lowest BCUT2D eigenvalue weighted by atomic mass is 9.98. The van der Waals surface area contributed by atoms with Gasteiger partial charge in [0.2, 0.25) is 0 Å². The maximum atomic E-state index is 6.15. The molecule has 0 radical (unpaired) electrons. The van der Waals surface area contributed by atoms with Gasteiger partial charge in [0.15, 0.2) is 5.82 Å². The van der Waals surface area contributed by atoms with Crippen molar-refractivity contribution in [2.45, 2.75) is 51.1 Å². The summed E-state index contributed by atoms with van der Waals surface area (Å²) in [6.45, 7) is 7.55. The number of nitrogen functional groups attached to an aromatic ring is 2. The van der Waals surface area contributed by atoms with E-state index in [1.807, 2.05) is 6.92 Å². The lowest BCUT2D eigenvalue weighted by Crippen LogP contribution is -2.51. The van der Waals surface area contributed by atoms with Gasteiger partial charge in [-0.2, -0.15) is 0 Å². The van der Waals surface area contributed by atoms with E-state index in [0.717, 1.165) is 34.9 Å². The molecule has 3 aliphatic rings. The van der Waals surface area contributed by atoms with Crippen LogP contribution in [0.5, 0.6) is 0 Å². The average molecular weight is 438 g/mol. The summed E-state index contributed by atoms with van der Waals surface area (Å²) < 4.78 is 0. The van der Waals surface area contributed by atoms with Crippen LogP contribution in [-0.4, -0.2) is 81.6 Å². The fraction of sp³-hybridized carbons (Fsp3) is 0.609. The molecule has 9 heteroatoms. The predicted octanol–water partition coefficient (Wildman–Crippen LogP) is 1.47. The summed E-state index contributed by atoms with van der Waals surface area (Å²) >= 11 is 0. The van der Waals surface area contributed by atoms with E-state index >= 15 is 0 Å². The van der Waals surface area contributed by atoms with Gasteiger partial charge in [-0.15, -0.1) is 0 Å². The summed E-state index contributed by atoms with van der Waals surface area (Å²) in [5.74, 6) is 0.868. The summed E-state index contributed by atoms with van der Waals surface area (Å²) in [7, 11) is 2.23. The molecular formula is C23H35N9. The smallest absolute Gasteiger partial charge is 0.151 e. The fourth-order valence-corrected chi connectivity index (χ4v) is 5.33. The van der Waals surface area contributed by atoms with Gasteiger partial charge in [0.25, 0.3) is 0 Å². The summed E-state index contributed by atoms with van der Waals surface area (Å²) in [6, 6.07) is 1.26. The standard InChI is InChI=1S/C23H35N9/c1-3-19-22(24)29-20-18(13-26-23(25)21(20)28-19)15-12-27-32(14-15)17-6-10-31(11-7-17)16-4-8-30(2)9-5-16/h13-14,16-17,27H,3-12H2,1-2H3,(H2,24,29)(H2,25,26). The Hall–Kier alpha value is -2.49. The van der Waals surface area contributed by atoms with Gasteiger partial charge in [-0.05, 0) is 57.8 Å². The Balaban J connectivity index is 1.30. The number of aromatic nitrogens is 3. The van der Waals surface area contributed by atoms with Crippen molar-refractivity contribution in [1.29, 1.82) is 0 Å². The molecule has 0 spiro atoms. The normalized spacial score (nSPS) is 22.1. The van der Waals surface area contributed by atoms with Gasteiger partial charge < -0.3 is 26.3 Å². The highest BCUT2D eigenvalue weighted by Crippen LogP contribution is 2.30. The zero-order valence-corrected chi connectivity index (χ0v) is 19.2. The van der Waals surface area contributed by atoms with Crippen LogP contribution in [0, 0.1) is 0 Å². The molecule has 0 saturated carbocycles. The van der Waals surface area contributed by atoms with Crippen LogP contribution in [0.4, 0.5) is 11.6 Å². The number of nitrogens with one attached hydrogen (secondary N) is 1. The molecule has 172 valence electrons. The third-order valence-electron chi connectivity index (χ3n) is 7.35. The second kappa shape index (κ2) is 8.80. The van der Waals surface area contributed by atoms with Crippen LogP contribution in [0.3, 0.4) is 0 Å². The van der Waals surface area contributed by atoms with Crippen LogP contribution in [0.25, 0.3) is 16.6 Å². The van der Waals surface area contributed by atoms with Gasteiger partial charge >= 0.3 is 0 Å². The van der Waals surface area contributed by atoms with E-state index in [4.69, 9.17) is 11.5 Å². The minimum absolute atomic E-state index is 0.399. The highest BCUT2D eigenvalue weighted by molar-refractivity contribution is 5.94. The van der Waals surface area contributed by atoms with E-state index in [1.165, 1.54) is 51.9 Å². The molecule has 9 nitrogen and oxygen atoms in total. The lowest BCUT2D eigenvalue weighted by molar-refractivity contribution is 0.0638. The molecule has 0 unspecified atom stereocenters. The second-order valence-electron chi connectivity index (χ2n) is 9.36. The summed E-state index contributed by atoms with van der Waals surface area (Å²) in [5, 5.41) is 2.29. The van der Waals surface area contributed by atoms with Gasteiger partial charge in [-0.25, -0.2) is 20.4 Å². The number of hydrazine groups is 1. The quantitative estimate of drug-likeness (QED) is 0.654. The van der Waals surface area contributed by atoms with E-state index in [9.17, 15) is 0 Å². The van der Waals surface area contributed by atoms with Gasteiger partial charge in [0, 0.05) is 49.7 Å². The molecule has 5 rings (SSSR count). The molecule has 0 aromatic carbocycles. The first-order chi connectivity index (χ1) is 15.5. The average Bonchev–Trinajstić information content (AvgIpc) is 3.30. The summed E-state index contributed by atoms with van der Waals surface area (Å²) in [5.41, 5.74) is 20.1. The predicted molar refractivity (Wildman–Crippen MR) is 128 cm³/mol. The van der Waals surface area contributed by atoms with E-state index in [-0.39, 0.29) is 0 Å². The number of hydrogen-bond donors (Lipinski definition) is 3. The van der Waals surface area contributed by atoms with Crippen LogP contribution < -0.4 is 16.9 Å². The van der Waals surface area contributed by atoms with Crippen molar-refractivity contribution >= 4 is 28.2 Å². The molecule has 2 saturated heterocycles. The second-order valence-corrected chi connectivity index (χ2v) is 9.36. The number of pyridine rings is 1. The summed E-state index contributed by atoms with van der Waals surface area (Å²) in [6.07, 6.45) is 9.69. The number of anilines is 2. The van der Waals surface area contributed by atoms with Crippen LogP contribution in [0.2, 0.25) is 0 Å². The molecular weight excluding hydrogens is 402 g/mol. The zero-order chi connectivity index (χ0) is 22.2. The minimum atomic E-state index is 0.399. The van der Waals surface area contributed by atoms with E-state index < -0.39 is 0 Å². The Kier molecular flexibility index (Phi) is 5.88. The maximum Gasteiger partial charge on any atom is 0.151 e. The first-order valence-electron chi connectivity index (χ1n) is 11.9. The fourth-order valence-electron chi connectivity index (χ4n) is 5.33. The van der Waals surface area contributed by atoms with Crippen molar-refractivity contribution in [2.24, 2.45) is 0 Å². The maximum absolute atomic E-state index is 6.15. The Morgan fingerprint density at radius 3 is 2.41 bits per heavy atom. The van der Waals surface area contributed by atoms with Crippen molar-refractivity contribution in [3.8, 4) is 0 Å². The van der Waals surface area contributed by atoms with E-state index in [0.29, 0.717) is 29.6 Å². The molecule has 0 bridgehead atoms. The van der Waals surface area contributed by atoms with Gasteiger partial charge in [0.05, 0.1) is 5.69 Å². The number of fused-ring (bicyclic) bond motifs is 1. The molecule has 5 N–H and O–H groups in total. The van der Waals surface area contributed by atoms with Crippen molar-refractivity contribution in [1.82, 2.24) is 35.2 Å². The van der Waals surface area contributed by atoms with Crippen LogP contribution >= 0.6 is 0 Å². The van der Waals surface area contributed by atoms with Crippen molar-refractivity contribution in [3.05, 3.63) is 23.7 Å². The largest absolute Gasteiger partial charge is 0.382 e. The summed E-state index contributed by atoms with van der Waals surface area (Å²) in [4.78, 5) is 18.9. The number of nitrogens with two attached hydrogens (primary N) is 2.